The molecule has 2 fully saturated rings. The minimum atomic E-state index is -0.840. The third-order valence-corrected chi connectivity index (χ3v) is 4.30. The highest BCUT2D eigenvalue weighted by atomic mass is 16.3. The first-order chi connectivity index (χ1) is 8.00. The number of aliphatic hydroxyl groups excluding tert-OH is 1. The molecule has 5 heteroatoms. The average molecular weight is 240 g/mol. The Morgan fingerprint density at radius 1 is 1.59 bits per heavy atom. The molecular formula is C12H20N2O3. The van der Waals surface area contributed by atoms with Crippen molar-refractivity contribution >= 4 is 11.8 Å². The predicted octanol–water partition coefficient (Wildman–Crippen LogP) is -0.129. The van der Waals surface area contributed by atoms with Crippen molar-refractivity contribution in [2.45, 2.75) is 38.6 Å². The van der Waals surface area contributed by atoms with Crippen LogP contribution in [0, 0.1) is 11.3 Å². The molecule has 1 spiro atoms. The van der Waals surface area contributed by atoms with Gasteiger partial charge in [0.1, 0.15) is 6.04 Å². The maximum Gasteiger partial charge on any atom is 0.242 e. The quantitative estimate of drug-likeness (QED) is 0.674. The van der Waals surface area contributed by atoms with Crippen LogP contribution >= 0.6 is 0 Å². The standard InChI is InChI=1S/C12H20N2O3/c1-8-2-4-12(5-3-8)7-14(11(12)17)9(6-15)10(13)16/h8-9,15H,2-7H2,1H3,(H2,13,16)/t8?,9-,12?/m0/s1. The molecule has 1 saturated heterocycles. The van der Waals surface area contributed by atoms with Crippen molar-refractivity contribution in [3.63, 3.8) is 0 Å². The van der Waals surface area contributed by atoms with Gasteiger partial charge in [0.2, 0.25) is 11.8 Å². The van der Waals surface area contributed by atoms with Crippen LogP contribution in [0.1, 0.15) is 32.6 Å². The van der Waals surface area contributed by atoms with E-state index in [1.165, 1.54) is 4.90 Å². The molecule has 2 amide bonds. The van der Waals surface area contributed by atoms with E-state index in [2.05, 4.69) is 6.92 Å². The molecule has 0 unspecified atom stereocenters. The Labute approximate surface area is 101 Å². The molecule has 0 aromatic carbocycles. The van der Waals surface area contributed by atoms with Gasteiger partial charge in [-0.15, -0.1) is 0 Å². The lowest BCUT2D eigenvalue weighted by Crippen LogP contribution is -2.68. The first kappa shape index (κ1) is 12.4. The second kappa shape index (κ2) is 4.29. The SMILES string of the molecule is CC1CCC2(CC1)CN([C@@H](CO)C(N)=O)C2=O. The summed E-state index contributed by atoms with van der Waals surface area (Å²) < 4.78 is 0. The zero-order chi connectivity index (χ0) is 12.6. The minimum Gasteiger partial charge on any atom is -0.394 e. The molecule has 2 aliphatic rings. The van der Waals surface area contributed by atoms with Gasteiger partial charge in [0, 0.05) is 6.54 Å². The van der Waals surface area contributed by atoms with Crippen molar-refractivity contribution in [3.05, 3.63) is 0 Å². The Morgan fingerprint density at radius 2 is 2.18 bits per heavy atom. The summed E-state index contributed by atoms with van der Waals surface area (Å²) in [6.45, 7) is 2.40. The third kappa shape index (κ3) is 1.92. The molecule has 1 aliphatic carbocycles. The first-order valence-corrected chi connectivity index (χ1v) is 6.21. The highest BCUT2D eigenvalue weighted by Crippen LogP contribution is 2.47. The van der Waals surface area contributed by atoms with Gasteiger partial charge in [-0.1, -0.05) is 6.92 Å². The number of carbonyl (C=O) groups excluding carboxylic acids is 2. The van der Waals surface area contributed by atoms with Crippen molar-refractivity contribution < 1.29 is 14.7 Å². The van der Waals surface area contributed by atoms with Gasteiger partial charge in [0.05, 0.1) is 12.0 Å². The minimum absolute atomic E-state index is 0.00208. The molecule has 17 heavy (non-hydrogen) atoms. The molecule has 0 radical (unpaired) electrons. The highest BCUT2D eigenvalue weighted by molar-refractivity contribution is 5.94. The average Bonchev–Trinajstić information content (AvgIpc) is 2.30. The van der Waals surface area contributed by atoms with E-state index in [1.807, 2.05) is 0 Å². The number of hydrogen-bond acceptors (Lipinski definition) is 3. The lowest BCUT2D eigenvalue weighted by molar-refractivity contribution is -0.173. The summed E-state index contributed by atoms with van der Waals surface area (Å²) in [7, 11) is 0. The molecule has 96 valence electrons. The Hall–Kier alpha value is -1.10. The lowest BCUT2D eigenvalue weighted by atomic mass is 9.65. The van der Waals surface area contributed by atoms with Gasteiger partial charge in [-0.3, -0.25) is 9.59 Å². The van der Waals surface area contributed by atoms with Crippen LogP contribution in [0.4, 0.5) is 0 Å². The number of amides is 2. The molecule has 0 aromatic heterocycles. The largest absolute Gasteiger partial charge is 0.394 e. The Bertz CT molecular complexity index is 335. The number of nitrogens with two attached hydrogens (primary N) is 1. The summed E-state index contributed by atoms with van der Waals surface area (Å²) in [6.07, 6.45) is 3.95. The number of β-lactam (4-membered cyclic amide) rings is 1. The van der Waals surface area contributed by atoms with Gasteiger partial charge in [0.25, 0.3) is 0 Å². The van der Waals surface area contributed by atoms with Crippen molar-refractivity contribution in [2.75, 3.05) is 13.2 Å². The maximum absolute atomic E-state index is 12.2. The Balaban J connectivity index is 2.01. The number of primary amides is 1. The monoisotopic (exact) mass is 240 g/mol. The van der Waals surface area contributed by atoms with E-state index in [-0.39, 0.29) is 17.9 Å². The normalized spacial score (nSPS) is 34.6. The fourth-order valence-electron chi connectivity index (χ4n) is 2.96. The summed E-state index contributed by atoms with van der Waals surface area (Å²) in [4.78, 5) is 24.7. The van der Waals surface area contributed by atoms with Gasteiger partial charge in [0.15, 0.2) is 0 Å². The molecule has 2 rings (SSSR count). The van der Waals surface area contributed by atoms with E-state index in [0.717, 1.165) is 25.7 Å². The van der Waals surface area contributed by atoms with E-state index in [1.54, 1.807) is 0 Å². The number of rotatable bonds is 3. The van der Waals surface area contributed by atoms with Crippen LogP contribution in [-0.4, -0.2) is 41.0 Å². The van der Waals surface area contributed by atoms with Crippen LogP contribution in [0.2, 0.25) is 0 Å². The predicted molar refractivity (Wildman–Crippen MR) is 61.8 cm³/mol. The van der Waals surface area contributed by atoms with Crippen molar-refractivity contribution in [1.82, 2.24) is 4.90 Å². The fourth-order valence-corrected chi connectivity index (χ4v) is 2.96. The van der Waals surface area contributed by atoms with E-state index in [9.17, 15) is 9.59 Å². The van der Waals surface area contributed by atoms with E-state index in [0.29, 0.717) is 12.5 Å². The first-order valence-electron chi connectivity index (χ1n) is 6.21. The molecule has 0 bridgehead atoms. The zero-order valence-corrected chi connectivity index (χ0v) is 10.2. The fraction of sp³-hybridized carbons (Fsp3) is 0.833. The molecular weight excluding hydrogens is 220 g/mol. The topological polar surface area (TPSA) is 83.6 Å². The molecule has 1 atom stereocenters. The van der Waals surface area contributed by atoms with Gasteiger partial charge in [-0.2, -0.15) is 0 Å². The van der Waals surface area contributed by atoms with Gasteiger partial charge in [-0.05, 0) is 31.6 Å². The van der Waals surface area contributed by atoms with Crippen molar-refractivity contribution in [1.29, 1.82) is 0 Å². The molecule has 5 nitrogen and oxygen atoms in total. The number of likely N-dealkylation sites (tertiary alicyclic amines) is 1. The molecule has 1 heterocycles. The number of nitrogens with zero attached hydrogens (tertiary/aromatic N) is 1. The summed E-state index contributed by atoms with van der Waals surface area (Å²) in [5, 5.41) is 9.08. The number of carbonyl (C=O) groups is 2. The van der Waals surface area contributed by atoms with E-state index in [4.69, 9.17) is 10.8 Å². The maximum atomic E-state index is 12.2. The second-order valence-electron chi connectivity index (χ2n) is 5.50. The summed E-state index contributed by atoms with van der Waals surface area (Å²) >= 11 is 0. The van der Waals surface area contributed by atoms with Gasteiger partial charge < -0.3 is 15.7 Å². The summed E-state index contributed by atoms with van der Waals surface area (Å²) in [5.41, 5.74) is 4.91. The summed E-state index contributed by atoms with van der Waals surface area (Å²) in [6, 6.07) is -0.840. The van der Waals surface area contributed by atoms with Crippen molar-refractivity contribution in [2.24, 2.45) is 17.1 Å². The second-order valence-corrected chi connectivity index (χ2v) is 5.50. The molecule has 3 N–H and O–H groups in total. The van der Waals surface area contributed by atoms with E-state index >= 15 is 0 Å². The number of aliphatic hydroxyl groups is 1. The summed E-state index contributed by atoms with van der Waals surface area (Å²) in [5.74, 6) is 0.0642. The van der Waals surface area contributed by atoms with Crippen LogP contribution in [-0.2, 0) is 9.59 Å². The zero-order valence-electron chi connectivity index (χ0n) is 10.2. The Morgan fingerprint density at radius 3 is 2.59 bits per heavy atom. The molecule has 0 aromatic rings. The molecule has 1 aliphatic heterocycles. The van der Waals surface area contributed by atoms with Crippen LogP contribution in [0.25, 0.3) is 0 Å². The van der Waals surface area contributed by atoms with E-state index < -0.39 is 11.9 Å². The smallest absolute Gasteiger partial charge is 0.242 e. The lowest BCUT2D eigenvalue weighted by Gasteiger charge is -2.53. The number of hydrogen-bond donors (Lipinski definition) is 2. The third-order valence-electron chi connectivity index (χ3n) is 4.30. The van der Waals surface area contributed by atoms with Crippen LogP contribution in [0.15, 0.2) is 0 Å². The van der Waals surface area contributed by atoms with Gasteiger partial charge >= 0.3 is 0 Å². The van der Waals surface area contributed by atoms with Crippen LogP contribution < -0.4 is 5.73 Å². The highest BCUT2D eigenvalue weighted by Gasteiger charge is 2.55. The molecule has 1 saturated carbocycles. The van der Waals surface area contributed by atoms with Crippen LogP contribution in [0.5, 0.6) is 0 Å². The van der Waals surface area contributed by atoms with Gasteiger partial charge in [-0.25, -0.2) is 0 Å². The Kier molecular flexibility index (Phi) is 3.12. The van der Waals surface area contributed by atoms with Crippen molar-refractivity contribution in [3.8, 4) is 0 Å². The van der Waals surface area contributed by atoms with Crippen LogP contribution in [0.3, 0.4) is 0 Å².